The number of nitrogens with zero attached hydrogens (tertiary/aromatic N) is 7. The highest BCUT2D eigenvalue weighted by Crippen LogP contribution is 2.44. The number of aromatic amines is 1. The van der Waals surface area contributed by atoms with E-state index in [4.69, 9.17) is 11.5 Å². The Bertz CT molecular complexity index is 2210. The number of H-pyrrole nitrogens is 1. The second kappa shape index (κ2) is 15.8. The van der Waals surface area contributed by atoms with Crippen LogP contribution in [0.4, 0.5) is 5.69 Å². The summed E-state index contributed by atoms with van der Waals surface area (Å²) in [4.78, 5) is 85.2. The molecule has 4 atom stereocenters. The second-order valence-electron chi connectivity index (χ2n) is 12.6. The quantitative estimate of drug-likeness (QED) is 0.117. The number of carboxylic acid groups (broad SMARTS) is 1. The number of nitrogens with one attached hydrogen (secondary N) is 1. The molecule has 19 heteroatoms. The van der Waals surface area contributed by atoms with Crippen LogP contribution in [0, 0.1) is 0 Å². The minimum atomic E-state index is -1.28. The van der Waals surface area contributed by atoms with Crippen LogP contribution in [0.25, 0.3) is 11.3 Å². The molecule has 2 aliphatic rings. The molecule has 2 aliphatic heterocycles. The Balaban J connectivity index is 1.28. The first-order valence-electron chi connectivity index (χ1n) is 16.6. The van der Waals surface area contributed by atoms with Crippen molar-refractivity contribution in [2.24, 2.45) is 18.5 Å². The minimum Gasteiger partial charge on any atom is -0.477 e. The van der Waals surface area contributed by atoms with Crippen molar-refractivity contribution in [2.75, 3.05) is 16.4 Å². The fourth-order valence-corrected chi connectivity index (χ4v) is 8.56. The molecule has 0 bridgehead atoms. The number of tetrazole rings is 1. The normalized spacial score (nSPS) is 17.6. The van der Waals surface area contributed by atoms with Gasteiger partial charge in [-0.3, -0.25) is 28.9 Å². The van der Waals surface area contributed by atoms with Crippen molar-refractivity contribution in [3.8, 4) is 11.3 Å². The van der Waals surface area contributed by atoms with E-state index in [2.05, 4.69) is 20.5 Å². The van der Waals surface area contributed by atoms with Crippen molar-refractivity contribution in [1.29, 1.82) is 0 Å². The lowest BCUT2D eigenvalue weighted by Crippen LogP contribution is -2.71. The zero-order chi connectivity index (χ0) is 38.8. The van der Waals surface area contributed by atoms with Gasteiger partial charge in [-0.25, -0.2) is 14.4 Å². The van der Waals surface area contributed by atoms with Crippen LogP contribution in [0.1, 0.15) is 31.0 Å². The second-order valence-corrected chi connectivity index (χ2v) is 14.6. The number of rotatable bonds is 12. The van der Waals surface area contributed by atoms with Gasteiger partial charge in [-0.05, 0) is 58.3 Å². The molecular weight excluding hydrogens is 737 g/mol. The van der Waals surface area contributed by atoms with E-state index < -0.39 is 58.7 Å². The molecule has 17 nitrogen and oxygen atoms in total. The van der Waals surface area contributed by atoms with Crippen molar-refractivity contribution in [3.63, 3.8) is 0 Å². The van der Waals surface area contributed by atoms with Crippen molar-refractivity contribution in [2.45, 2.75) is 49.0 Å². The number of carbonyl (C=O) groups excluding carboxylic acids is 4. The molecule has 4 heterocycles. The van der Waals surface area contributed by atoms with Crippen LogP contribution in [0.15, 0.2) is 88.0 Å². The van der Waals surface area contributed by atoms with Crippen LogP contribution >= 0.6 is 23.5 Å². The largest absolute Gasteiger partial charge is 0.477 e. The van der Waals surface area contributed by atoms with Gasteiger partial charge in [0.2, 0.25) is 22.9 Å². The van der Waals surface area contributed by atoms with E-state index in [1.165, 1.54) is 57.9 Å². The molecule has 1 fully saturated rings. The van der Waals surface area contributed by atoms with Gasteiger partial charge in [0, 0.05) is 36.7 Å². The van der Waals surface area contributed by atoms with Gasteiger partial charge in [-0.1, -0.05) is 54.2 Å². The van der Waals surface area contributed by atoms with Crippen LogP contribution in [0.2, 0.25) is 0 Å². The Labute approximate surface area is 316 Å². The summed E-state index contributed by atoms with van der Waals surface area (Å²) in [5, 5.41) is 21.3. The number of β-lactam (4-membered cyclic amide) rings is 1. The first-order chi connectivity index (χ1) is 25.8. The Morgan fingerprint density at radius 1 is 1.04 bits per heavy atom. The maximum Gasteiger partial charge on any atom is 0.352 e. The van der Waals surface area contributed by atoms with E-state index in [1.807, 2.05) is 0 Å². The Kier molecular flexibility index (Phi) is 11.1. The van der Waals surface area contributed by atoms with Crippen LogP contribution in [0.3, 0.4) is 0 Å². The molecule has 6 N–H and O–H groups in total. The number of thioether (sulfide) groups is 2. The fourth-order valence-electron chi connectivity index (χ4n) is 6.16. The molecule has 2 unspecified atom stereocenters. The first-order valence-corrected chi connectivity index (χ1v) is 18.6. The van der Waals surface area contributed by atoms with Gasteiger partial charge in [0.1, 0.15) is 23.2 Å². The number of hydrogen-bond donors (Lipinski definition) is 4. The van der Waals surface area contributed by atoms with Crippen molar-refractivity contribution in [3.05, 3.63) is 99.5 Å². The van der Waals surface area contributed by atoms with Crippen molar-refractivity contribution >= 4 is 58.8 Å². The van der Waals surface area contributed by atoms with Gasteiger partial charge < -0.3 is 26.5 Å². The molecule has 0 aliphatic carbocycles. The number of carbonyl (C=O) groups is 5. The van der Waals surface area contributed by atoms with Crippen LogP contribution in [-0.2, 0) is 37.6 Å². The molecular formula is C35H36N10O7S2. The van der Waals surface area contributed by atoms with Crippen LogP contribution in [-0.4, -0.2) is 98.7 Å². The first kappa shape index (κ1) is 38.1. The molecule has 4 aromatic rings. The molecule has 2 aromatic heterocycles. The van der Waals surface area contributed by atoms with Crippen molar-refractivity contribution < 1.29 is 29.1 Å². The summed E-state index contributed by atoms with van der Waals surface area (Å²) in [7, 11) is 1.66. The smallest absolute Gasteiger partial charge is 0.352 e. The van der Waals surface area contributed by atoms with Crippen LogP contribution < -0.4 is 21.9 Å². The lowest BCUT2D eigenvalue weighted by atomic mass is 9.98. The number of pyridine rings is 1. The molecule has 1 saturated heterocycles. The third-order valence-electron chi connectivity index (χ3n) is 8.92. The van der Waals surface area contributed by atoms with Gasteiger partial charge in [0.25, 0.3) is 11.5 Å². The summed E-state index contributed by atoms with van der Waals surface area (Å²) in [6.45, 7) is 2.44. The van der Waals surface area contributed by atoms with Gasteiger partial charge in [0.15, 0.2) is 0 Å². The average molecular weight is 773 g/mol. The number of hydrogen-bond acceptors (Lipinski definition) is 13. The zero-order valence-corrected chi connectivity index (χ0v) is 30.9. The van der Waals surface area contributed by atoms with E-state index in [9.17, 15) is 33.9 Å². The SMILES string of the molecule is CC(=O)N(C(=O)[C@@H](C)N)c1ccc(-c2ccc(CN(C(=O)C(N)c3ccccc3)C3C(=O)N4C(C(=O)O)=C(CSc5nnnn5C)CS[C@@H]34)c(=O)[nH]2)cc1. The summed E-state index contributed by atoms with van der Waals surface area (Å²) >= 11 is 2.54. The summed E-state index contributed by atoms with van der Waals surface area (Å²) in [6, 6.07) is 14.9. The number of fused-ring (bicyclic) bond motifs is 1. The van der Waals surface area contributed by atoms with Gasteiger partial charge in [-0.15, -0.1) is 16.9 Å². The molecule has 54 heavy (non-hydrogen) atoms. The summed E-state index contributed by atoms with van der Waals surface area (Å²) in [6.07, 6.45) is 0. The standard InChI is InChI=1S/C35H36N10O7S2/c1-18(36)30(48)44(19(2)46)24-12-9-20(10-13-24)25-14-11-22(29(47)38-25)15-43(31(49)26(37)21-7-5-4-6-8-21)28-32(50)45-27(34(51)52)23(16-53-33(28)45)17-54-35-39-40-41-42(35)3/h4-14,18,26,28,33H,15-17,36-37H2,1-3H3,(H,38,47)(H,51,52)/t18-,26?,28?,33+/m1/s1. The molecule has 4 amide bonds. The van der Waals surface area contributed by atoms with Gasteiger partial charge in [-0.2, -0.15) is 0 Å². The summed E-state index contributed by atoms with van der Waals surface area (Å²) in [5.74, 6) is -3.11. The number of anilines is 1. The predicted octanol–water partition coefficient (Wildman–Crippen LogP) is 1.24. The number of benzene rings is 2. The average Bonchev–Trinajstić information content (AvgIpc) is 3.57. The third kappa shape index (κ3) is 7.43. The molecule has 0 radical (unpaired) electrons. The van der Waals surface area contributed by atoms with E-state index in [0.29, 0.717) is 33.2 Å². The van der Waals surface area contributed by atoms with E-state index in [1.54, 1.807) is 67.7 Å². The lowest BCUT2D eigenvalue weighted by molar-refractivity contribution is -0.161. The number of amides is 4. The van der Waals surface area contributed by atoms with E-state index >= 15 is 0 Å². The highest BCUT2D eigenvalue weighted by Gasteiger charge is 2.57. The monoisotopic (exact) mass is 772 g/mol. The minimum absolute atomic E-state index is 0.157. The number of imide groups is 1. The number of aromatic nitrogens is 5. The fraction of sp³-hybridized carbons (Fsp3) is 0.286. The van der Waals surface area contributed by atoms with Gasteiger partial charge >= 0.3 is 5.97 Å². The van der Waals surface area contributed by atoms with Gasteiger partial charge in [0.05, 0.1) is 18.3 Å². The Morgan fingerprint density at radius 2 is 1.74 bits per heavy atom. The highest BCUT2D eigenvalue weighted by atomic mass is 32.2. The number of aliphatic carboxylic acids is 1. The maximum atomic E-state index is 14.2. The van der Waals surface area contributed by atoms with E-state index in [-0.39, 0.29) is 29.3 Å². The van der Waals surface area contributed by atoms with E-state index in [0.717, 1.165) is 4.90 Å². The third-order valence-corrected chi connectivity index (χ3v) is 11.3. The molecule has 0 saturated carbocycles. The Hall–Kier alpha value is -5.63. The van der Waals surface area contributed by atoms with Crippen LogP contribution in [0.5, 0.6) is 0 Å². The molecule has 0 spiro atoms. The summed E-state index contributed by atoms with van der Waals surface area (Å²) < 4.78 is 1.45. The molecule has 6 rings (SSSR count). The lowest BCUT2D eigenvalue weighted by Gasteiger charge is -2.53. The zero-order valence-electron chi connectivity index (χ0n) is 29.3. The van der Waals surface area contributed by atoms with Crippen molar-refractivity contribution in [1.82, 2.24) is 35.0 Å². The molecule has 2 aromatic carbocycles. The molecule has 280 valence electrons. The maximum absolute atomic E-state index is 14.2. The number of aryl methyl sites for hydroxylation is 1. The topological polar surface area (TPSA) is 244 Å². The Morgan fingerprint density at radius 3 is 2.33 bits per heavy atom. The number of nitrogens with two attached hydrogens (primary N) is 2. The summed E-state index contributed by atoms with van der Waals surface area (Å²) in [5.41, 5.74) is 13.9. The number of carboxylic acids is 1. The highest BCUT2D eigenvalue weighted by molar-refractivity contribution is 8.01. The predicted molar refractivity (Wildman–Crippen MR) is 199 cm³/mol.